The highest BCUT2D eigenvalue weighted by Crippen LogP contribution is 2.24. The number of carbonyl (C=O) groups is 1. The van der Waals surface area contributed by atoms with E-state index >= 15 is 0 Å². The quantitative estimate of drug-likeness (QED) is 0.860. The second-order valence-corrected chi connectivity index (χ2v) is 7.16. The summed E-state index contributed by atoms with van der Waals surface area (Å²) >= 11 is 0. The monoisotopic (exact) mass is 373 g/mol. The Bertz CT molecular complexity index is 970. The van der Waals surface area contributed by atoms with E-state index in [-0.39, 0.29) is 5.91 Å². The molecule has 1 unspecified atom stereocenters. The van der Waals surface area contributed by atoms with E-state index in [4.69, 9.17) is 5.26 Å². The number of anilines is 1. The fourth-order valence-corrected chi connectivity index (χ4v) is 3.45. The summed E-state index contributed by atoms with van der Waals surface area (Å²) in [6.07, 6.45) is 0. The van der Waals surface area contributed by atoms with E-state index in [0.29, 0.717) is 28.4 Å². The summed E-state index contributed by atoms with van der Waals surface area (Å²) in [5, 5.41) is 24.8. The largest absolute Gasteiger partial charge is 0.322 e. The third-order valence-corrected chi connectivity index (χ3v) is 4.99. The van der Waals surface area contributed by atoms with Gasteiger partial charge in [0.05, 0.1) is 23.3 Å². The molecule has 0 spiro atoms. The second kappa shape index (κ2) is 8.67. The average molecular weight is 373 g/mol. The molecule has 1 heterocycles. The zero-order chi connectivity index (χ0) is 20.1. The van der Waals surface area contributed by atoms with E-state index < -0.39 is 0 Å². The minimum absolute atomic E-state index is 0.294. The van der Waals surface area contributed by atoms with Gasteiger partial charge in [0.25, 0.3) is 5.91 Å². The topological polar surface area (TPSA) is 91.9 Å². The van der Waals surface area contributed by atoms with Gasteiger partial charge in [-0.05, 0) is 55.3 Å². The molecule has 0 radical (unpaired) electrons. The number of amides is 1. The van der Waals surface area contributed by atoms with E-state index in [1.807, 2.05) is 19.1 Å². The minimum atomic E-state index is -0.294. The van der Waals surface area contributed by atoms with Crippen molar-refractivity contribution in [2.75, 3.05) is 25.0 Å². The fourth-order valence-electron chi connectivity index (χ4n) is 3.45. The van der Waals surface area contributed by atoms with E-state index in [2.05, 4.69) is 28.5 Å². The van der Waals surface area contributed by atoms with Crippen molar-refractivity contribution in [3.63, 3.8) is 0 Å². The molecule has 1 amide bonds. The number of nitrogens with one attached hydrogen (secondary N) is 2. The molecule has 1 atom stereocenters. The predicted molar refractivity (Wildman–Crippen MR) is 108 cm³/mol. The lowest BCUT2D eigenvalue weighted by molar-refractivity contribution is 0.102. The standard InChI is InChI=1S/C22H23N5O/c1-15-13-27(7-6-25-15)14-20-9-18(12-24)10-21(16(20)2)26-22(28)19-5-3-4-17(8-19)11-23/h3-5,8-10,15,25H,6-7,13-14H2,1-2H3,(H,26,28). The van der Waals surface area contributed by atoms with Crippen LogP contribution in [-0.4, -0.2) is 36.5 Å². The van der Waals surface area contributed by atoms with E-state index in [9.17, 15) is 10.1 Å². The van der Waals surface area contributed by atoms with Crippen LogP contribution >= 0.6 is 0 Å². The molecule has 2 aromatic rings. The van der Waals surface area contributed by atoms with Crippen LogP contribution in [0.25, 0.3) is 0 Å². The SMILES string of the molecule is Cc1c(CN2CCNC(C)C2)cc(C#N)cc1NC(=O)c1cccc(C#N)c1. The lowest BCUT2D eigenvalue weighted by Crippen LogP contribution is -2.48. The van der Waals surface area contributed by atoms with Gasteiger partial charge < -0.3 is 10.6 Å². The lowest BCUT2D eigenvalue weighted by Gasteiger charge is -2.32. The van der Waals surface area contributed by atoms with Crippen molar-refractivity contribution in [2.45, 2.75) is 26.4 Å². The van der Waals surface area contributed by atoms with Crippen LogP contribution < -0.4 is 10.6 Å². The zero-order valence-electron chi connectivity index (χ0n) is 16.1. The maximum atomic E-state index is 12.7. The summed E-state index contributed by atoms with van der Waals surface area (Å²) < 4.78 is 0. The number of piperazine rings is 1. The molecule has 6 nitrogen and oxygen atoms in total. The third kappa shape index (κ3) is 4.55. The van der Waals surface area contributed by atoms with Crippen molar-refractivity contribution >= 4 is 11.6 Å². The average Bonchev–Trinajstić information content (AvgIpc) is 2.70. The molecule has 1 aliphatic heterocycles. The molecule has 1 fully saturated rings. The number of hydrogen-bond acceptors (Lipinski definition) is 5. The first-order valence-corrected chi connectivity index (χ1v) is 9.31. The number of benzene rings is 2. The Hall–Kier alpha value is -3.19. The Morgan fingerprint density at radius 1 is 1.25 bits per heavy atom. The first kappa shape index (κ1) is 19.6. The Labute approximate surface area is 165 Å². The molecule has 2 N–H and O–H groups in total. The van der Waals surface area contributed by atoms with Crippen molar-refractivity contribution in [2.24, 2.45) is 0 Å². The van der Waals surface area contributed by atoms with Crippen LogP contribution in [0, 0.1) is 29.6 Å². The van der Waals surface area contributed by atoms with Crippen molar-refractivity contribution in [3.05, 3.63) is 64.2 Å². The van der Waals surface area contributed by atoms with Gasteiger partial charge in [-0.3, -0.25) is 9.69 Å². The Morgan fingerprint density at radius 2 is 2.04 bits per heavy atom. The third-order valence-electron chi connectivity index (χ3n) is 4.99. The van der Waals surface area contributed by atoms with Gasteiger partial charge in [-0.25, -0.2) is 0 Å². The molecular weight excluding hydrogens is 350 g/mol. The van der Waals surface area contributed by atoms with Gasteiger partial charge in [-0.15, -0.1) is 0 Å². The van der Waals surface area contributed by atoms with E-state index in [0.717, 1.165) is 37.3 Å². The van der Waals surface area contributed by atoms with Gasteiger partial charge in [0, 0.05) is 43.5 Å². The van der Waals surface area contributed by atoms with Crippen LogP contribution in [0.1, 0.15) is 39.5 Å². The van der Waals surface area contributed by atoms with Gasteiger partial charge in [-0.2, -0.15) is 10.5 Å². The molecule has 0 bridgehead atoms. The molecular formula is C22H23N5O. The molecule has 1 aliphatic rings. The van der Waals surface area contributed by atoms with Gasteiger partial charge in [0.2, 0.25) is 0 Å². The van der Waals surface area contributed by atoms with Crippen LogP contribution in [0.5, 0.6) is 0 Å². The zero-order valence-corrected chi connectivity index (χ0v) is 16.1. The van der Waals surface area contributed by atoms with Gasteiger partial charge in [0.1, 0.15) is 0 Å². The first-order valence-electron chi connectivity index (χ1n) is 9.31. The van der Waals surface area contributed by atoms with Crippen LogP contribution in [0.4, 0.5) is 5.69 Å². The molecule has 2 aromatic carbocycles. The molecule has 0 aromatic heterocycles. The summed E-state index contributed by atoms with van der Waals surface area (Å²) in [5.74, 6) is -0.294. The number of carbonyl (C=O) groups excluding carboxylic acids is 1. The predicted octanol–water partition coefficient (Wildman–Crippen LogP) is 2.78. The highest BCUT2D eigenvalue weighted by atomic mass is 16.1. The fraction of sp³-hybridized carbons (Fsp3) is 0.318. The van der Waals surface area contributed by atoms with Crippen molar-refractivity contribution in [3.8, 4) is 12.1 Å². The molecule has 0 aliphatic carbocycles. The Morgan fingerprint density at radius 3 is 2.75 bits per heavy atom. The molecule has 6 heteroatoms. The summed E-state index contributed by atoms with van der Waals surface area (Å²) in [6.45, 7) is 7.69. The number of rotatable bonds is 4. The summed E-state index contributed by atoms with van der Waals surface area (Å²) in [5.41, 5.74) is 3.99. The van der Waals surface area contributed by atoms with Crippen molar-refractivity contribution in [1.82, 2.24) is 10.2 Å². The van der Waals surface area contributed by atoms with E-state index in [1.54, 1.807) is 30.3 Å². The second-order valence-electron chi connectivity index (χ2n) is 7.16. The molecule has 28 heavy (non-hydrogen) atoms. The summed E-state index contributed by atoms with van der Waals surface area (Å²) in [6, 6.07) is 14.8. The maximum Gasteiger partial charge on any atom is 0.255 e. The molecule has 0 saturated carbocycles. The van der Waals surface area contributed by atoms with Gasteiger partial charge >= 0.3 is 0 Å². The van der Waals surface area contributed by atoms with Crippen molar-refractivity contribution in [1.29, 1.82) is 10.5 Å². The normalized spacial score (nSPS) is 16.8. The van der Waals surface area contributed by atoms with Gasteiger partial charge in [0.15, 0.2) is 0 Å². The lowest BCUT2D eigenvalue weighted by atomic mass is 10.0. The summed E-state index contributed by atoms with van der Waals surface area (Å²) in [4.78, 5) is 15.0. The Balaban J connectivity index is 1.85. The van der Waals surface area contributed by atoms with Gasteiger partial charge in [-0.1, -0.05) is 6.07 Å². The molecule has 3 rings (SSSR count). The highest BCUT2D eigenvalue weighted by Gasteiger charge is 2.18. The minimum Gasteiger partial charge on any atom is -0.322 e. The van der Waals surface area contributed by atoms with Crippen LogP contribution in [-0.2, 0) is 6.54 Å². The molecule has 142 valence electrons. The van der Waals surface area contributed by atoms with Crippen molar-refractivity contribution < 1.29 is 4.79 Å². The Kier molecular flexibility index (Phi) is 6.06. The number of nitrogens with zero attached hydrogens (tertiary/aromatic N) is 3. The van der Waals surface area contributed by atoms with Crippen LogP contribution in [0.2, 0.25) is 0 Å². The maximum absolute atomic E-state index is 12.7. The first-order chi connectivity index (χ1) is 13.5. The highest BCUT2D eigenvalue weighted by molar-refractivity contribution is 6.05. The van der Waals surface area contributed by atoms with Crippen LogP contribution in [0.15, 0.2) is 36.4 Å². The smallest absolute Gasteiger partial charge is 0.255 e. The van der Waals surface area contributed by atoms with Crippen LogP contribution in [0.3, 0.4) is 0 Å². The number of nitriles is 2. The van der Waals surface area contributed by atoms with E-state index in [1.165, 1.54) is 0 Å². The molecule has 1 saturated heterocycles. The number of hydrogen-bond donors (Lipinski definition) is 2. The summed E-state index contributed by atoms with van der Waals surface area (Å²) in [7, 11) is 0.